The first-order valence-electron chi connectivity index (χ1n) is 16.8. The molecule has 1 aliphatic heterocycles. The van der Waals surface area contributed by atoms with Crippen molar-refractivity contribution in [1.82, 2.24) is 0 Å². The summed E-state index contributed by atoms with van der Waals surface area (Å²) >= 11 is 0. The topological polar surface area (TPSA) is 116 Å². The normalized spacial score (nSPS) is 42.8. The standard InChI is InChI=1S/C15H24O3.C14H24O2.C6H8O3/c1-3-10(2)13(16)18-15-7-11-4-12(8-15)6-14(17,5-11)9-15;1-8-9(2)11-6-10(8)7-12(11)13(15)16-14(3,4)5;1-3-4(2)6(8)9-5(3)7/h10-12,17H,3-9H2,1-2H3;8-12H,6-7H2,1-5H3;3-4H,1-2H3. The quantitative estimate of drug-likeness (QED) is 0.227. The van der Waals surface area contributed by atoms with Gasteiger partial charge < -0.3 is 19.3 Å². The molecule has 7 rings (SSSR count). The fourth-order valence-electron chi connectivity index (χ4n) is 9.01. The molecule has 10 atom stereocenters. The van der Waals surface area contributed by atoms with Crippen LogP contribution in [0.4, 0.5) is 0 Å². The van der Waals surface area contributed by atoms with Gasteiger partial charge in [-0.1, -0.05) is 41.5 Å². The molecule has 244 valence electrons. The predicted molar refractivity (Wildman–Crippen MR) is 161 cm³/mol. The summed E-state index contributed by atoms with van der Waals surface area (Å²) < 4.78 is 15.7. The van der Waals surface area contributed by atoms with E-state index in [1.807, 2.05) is 34.6 Å². The summed E-state index contributed by atoms with van der Waals surface area (Å²) in [7, 11) is 0. The maximum Gasteiger partial charge on any atom is 0.317 e. The number of carbonyl (C=O) groups excluding carboxylic acids is 4. The Morgan fingerprint density at radius 3 is 1.88 bits per heavy atom. The smallest absolute Gasteiger partial charge is 0.317 e. The average molecular weight is 605 g/mol. The third kappa shape index (κ3) is 7.48. The number of aliphatic hydroxyl groups is 1. The van der Waals surface area contributed by atoms with Gasteiger partial charge in [-0.3, -0.25) is 19.2 Å². The van der Waals surface area contributed by atoms with Gasteiger partial charge in [0.25, 0.3) is 0 Å². The van der Waals surface area contributed by atoms with Gasteiger partial charge in [0.2, 0.25) is 0 Å². The zero-order valence-electron chi connectivity index (χ0n) is 27.9. The van der Waals surface area contributed by atoms with Crippen LogP contribution in [0.1, 0.15) is 120 Å². The Labute approximate surface area is 258 Å². The van der Waals surface area contributed by atoms with Crippen molar-refractivity contribution in [3.63, 3.8) is 0 Å². The first kappa shape index (κ1) is 33.9. The van der Waals surface area contributed by atoms with Gasteiger partial charge in [0, 0.05) is 6.42 Å². The second-order valence-electron chi connectivity index (χ2n) is 16.2. The lowest BCUT2D eigenvalue weighted by Crippen LogP contribution is -2.60. The second kappa shape index (κ2) is 12.4. The Balaban J connectivity index is 0.000000156. The maximum absolute atomic E-state index is 12.1. The van der Waals surface area contributed by atoms with Crippen molar-refractivity contribution >= 4 is 23.9 Å². The molecule has 43 heavy (non-hydrogen) atoms. The molecule has 0 radical (unpaired) electrons. The van der Waals surface area contributed by atoms with Crippen molar-refractivity contribution < 1.29 is 38.5 Å². The lowest BCUT2D eigenvalue weighted by atomic mass is 9.52. The lowest BCUT2D eigenvalue weighted by molar-refractivity contribution is -0.222. The summed E-state index contributed by atoms with van der Waals surface area (Å²) in [6.45, 7) is 17.8. The van der Waals surface area contributed by atoms with Crippen LogP contribution in [0.2, 0.25) is 0 Å². The zero-order valence-corrected chi connectivity index (χ0v) is 27.9. The van der Waals surface area contributed by atoms with Gasteiger partial charge in [0.1, 0.15) is 11.2 Å². The fourth-order valence-corrected chi connectivity index (χ4v) is 9.01. The fraction of sp³-hybridized carbons (Fsp3) is 0.886. The molecule has 7 fully saturated rings. The van der Waals surface area contributed by atoms with E-state index in [0.29, 0.717) is 30.1 Å². The summed E-state index contributed by atoms with van der Waals surface area (Å²) in [5.74, 6) is 2.80. The molecular weight excluding hydrogens is 548 g/mol. The van der Waals surface area contributed by atoms with Crippen molar-refractivity contribution in [2.45, 2.75) is 137 Å². The van der Waals surface area contributed by atoms with E-state index in [1.165, 1.54) is 12.8 Å². The molecule has 0 aromatic carbocycles. The Hall–Kier alpha value is -1.96. The van der Waals surface area contributed by atoms with Crippen molar-refractivity contribution in [3.05, 3.63) is 0 Å². The minimum atomic E-state index is -0.542. The maximum atomic E-state index is 12.1. The van der Waals surface area contributed by atoms with Crippen molar-refractivity contribution in [2.24, 2.45) is 59.2 Å². The average Bonchev–Trinajstić information content (AvgIpc) is 3.51. The summed E-state index contributed by atoms with van der Waals surface area (Å²) in [5, 5.41) is 10.6. The highest BCUT2D eigenvalue weighted by molar-refractivity contribution is 5.95. The number of rotatable bonds is 4. The monoisotopic (exact) mass is 604 g/mol. The van der Waals surface area contributed by atoms with Crippen molar-refractivity contribution in [1.29, 1.82) is 0 Å². The van der Waals surface area contributed by atoms with Gasteiger partial charge in [-0.15, -0.1) is 0 Å². The summed E-state index contributed by atoms with van der Waals surface area (Å²) in [6, 6.07) is 0. The summed E-state index contributed by atoms with van der Waals surface area (Å²) in [6.07, 6.45) is 8.84. The van der Waals surface area contributed by atoms with Crippen molar-refractivity contribution in [2.75, 3.05) is 0 Å². The van der Waals surface area contributed by atoms with E-state index in [0.717, 1.165) is 50.4 Å². The first-order valence-corrected chi connectivity index (χ1v) is 16.8. The zero-order chi connectivity index (χ0) is 32.1. The molecule has 6 aliphatic carbocycles. The summed E-state index contributed by atoms with van der Waals surface area (Å²) in [4.78, 5) is 45.2. The van der Waals surface area contributed by atoms with E-state index in [4.69, 9.17) is 9.47 Å². The number of ether oxygens (including phenoxy) is 3. The van der Waals surface area contributed by atoms with E-state index in [2.05, 4.69) is 18.6 Å². The Morgan fingerprint density at radius 2 is 1.49 bits per heavy atom. The van der Waals surface area contributed by atoms with Crippen LogP contribution >= 0.6 is 0 Å². The molecule has 0 aromatic rings. The molecule has 1 N–H and O–H groups in total. The molecule has 8 nitrogen and oxygen atoms in total. The molecule has 0 spiro atoms. The predicted octanol–water partition coefficient (Wildman–Crippen LogP) is 6.26. The van der Waals surface area contributed by atoms with E-state index >= 15 is 0 Å². The first-order chi connectivity index (χ1) is 19.9. The molecule has 1 heterocycles. The molecule has 6 bridgehead atoms. The molecule has 7 aliphatic rings. The largest absolute Gasteiger partial charge is 0.460 e. The Kier molecular flexibility index (Phi) is 9.81. The van der Waals surface area contributed by atoms with Crippen LogP contribution in [-0.4, -0.2) is 45.8 Å². The molecule has 10 unspecified atom stereocenters. The molecule has 8 heteroatoms. The number of cyclic esters (lactones) is 2. The van der Waals surface area contributed by atoms with Crippen LogP contribution in [0.3, 0.4) is 0 Å². The van der Waals surface area contributed by atoms with Crippen LogP contribution in [0, 0.1) is 59.2 Å². The SMILES string of the molecule is CC1C(=O)OC(=O)C1C.CC1C2CC(C(=O)OC(C)(C)C)C(C2)C1C.CCC(C)C(=O)OC12CC3CC(CC(O)(C3)C1)C2. The van der Waals surface area contributed by atoms with Gasteiger partial charge in [0.05, 0.1) is 29.3 Å². The Bertz CT molecular complexity index is 1040. The third-order valence-corrected chi connectivity index (χ3v) is 11.6. The van der Waals surface area contributed by atoms with E-state index < -0.39 is 17.5 Å². The van der Waals surface area contributed by atoms with Crippen LogP contribution in [-0.2, 0) is 33.4 Å². The number of hydrogen-bond donors (Lipinski definition) is 1. The van der Waals surface area contributed by atoms with Crippen LogP contribution in [0.25, 0.3) is 0 Å². The molecular formula is C35H56O8. The minimum absolute atomic E-state index is 0.0207. The van der Waals surface area contributed by atoms with Crippen molar-refractivity contribution in [3.8, 4) is 0 Å². The number of hydrogen-bond acceptors (Lipinski definition) is 8. The van der Waals surface area contributed by atoms with Crippen LogP contribution in [0.15, 0.2) is 0 Å². The van der Waals surface area contributed by atoms with Gasteiger partial charge in [-0.05, 0) is 108 Å². The summed E-state index contributed by atoms with van der Waals surface area (Å²) in [5.41, 5.74) is -1.22. The van der Waals surface area contributed by atoms with Gasteiger partial charge >= 0.3 is 23.9 Å². The molecule has 0 aromatic heterocycles. The van der Waals surface area contributed by atoms with Gasteiger partial charge in [0.15, 0.2) is 0 Å². The highest BCUT2D eigenvalue weighted by atomic mass is 16.6. The van der Waals surface area contributed by atoms with Gasteiger partial charge in [-0.25, -0.2) is 0 Å². The Morgan fingerprint density at radius 1 is 0.930 bits per heavy atom. The molecule has 0 amide bonds. The highest BCUT2D eigenvalue weighted by Crippen LogP contribution is 2.59. The minimum Gasteiger partial charge on any atom is -0.460 e. The van der Waals surface area contributed by atoms with E-state index in [1.54, 1.807) is 13.8 Å². The lowest BCUT2D eigenvalue weighted by Gasteiger charge is -2.59. The molecule has 6 saturated carbocycles. The highest BCUT2D eigenvalue weighted by Gasteiger charge is 2.59. The third-order valence-electron chi connectivity index (χ3n) is 11.6. The number of fused-ring (bicyclic) bond motifs is 2. The van der Waals surface area contributed by atoms with Gasteiger partial charge in [-0.2, -0.15) is 0 Å². The van der Waals surface area contributed by atoms with Crippen LogP contribution < -0.4 is 0 Å². The number of carbonyl (C=O) groups is 4. The van der Waals surface area contributed by atoms with Crippen LogP contribution in [0.5, 0.6) is 0 Å². The second-order valence-corrected chi connectivity index (χ2v) is 16.2. The van der Waals surface area contributed by atoms with E-state index in [-0.39, 0.29) is 46.8 Å². The number of esters is 4. The van der Waals surface area contributed by atoms with E-state index in [9.17, 15) is 24.3 Å². The molecule has 1 saturated heterocycles.